The molecule has 1 aromatic heterocycles. The van der Waals surface area contributed by atoms with Crippen molar-refractivity contribution >= 4 is 0 Å². The maximum absolute atomic E-state index is 9.37. The normalized spacial score (nSPS) is 12.1. The molecule has 2 rings (SSSR count). The van der Waals surface area contributed by atoms with Crippen LogP contribution in [0.25, 0.3) is 0 Å². The third kappa shape index (κ3) is 3.86. The van der Waals surface area contributed by atoms with E-state index in [9.17, 15) is 5.11 Å². The predicted octanol–water partition coefficient (Wildman–Crippen LogP) is 2.31. The number of ether oxygens (including phenoxy) is 1. The van der Waals surface area contributed by atoms with E-state index in [4.69, 9.17) is 4.74 Å². The van der Waals surface area contributed by atoms with E-state index in [1.807, 2.05) is 30.3 Å². The van der Waals surface area contributed by atoms with Gasteiger partial charge >= 0.3 is 0 Å². The van der Waals surface area contributed by atoms with Crippen LogP contribution < -0.4 is 4.74 Å². The second kappa shape index (κ2) is 6.77. The summed E-state index contributed by atoms with van der Waals surface area (Å²) in [6.07, 6.45) is 4.20. The Labute approximate surface area is 107 Å². The molecule has 1 aromatic carbocycles. The monoisotopic (exact) mass is 243 g/mol. The van der Waals surface area contributed by atoms with Crippen LogP contribution in [0.3, 0.4) is 0 Å². The van der Waals surface area contributed by atoms with Crippen LogP contribution in [0.15, 0.2) is 54.9 Å². The molecule has 3 nitrogen and oxygen atoms in total. The molecule has 0 radical (unpaired) electrons. The van der Waals surface area contributed by atoms with E-state index >= 15 is 0 Å². The molecule has 3 heteroatoms. The van der Waals surface area contributed by atoms with Crippen molar-refractivity contribution in [1.82, 2.24) is 4.98 Å². The molecule has 18 heavy (non-hydrogen) atoms. The minimum atomic E-state index is 0.104. The highest BCUT2D eigenvalue weighted by molar-refractivity contribution is 5.17. The number of nitrogens with zero attached hydrogens (tertiary/aromatic N) is 1. The number of pyridine rings is 1. The Morgan fingerprint density at radius 3 is 2.61 bits per heavy atom. The lowest BCUT2D eigenvalue weighted by Crippen LogP contribution is -2.18. The van der Waals surface area contributed by atoms with Gasteiger partial charge in [0.25, 0.3) is 0 Å². The smallest absolute Gasteiger partial charge is 0.137 e. The van der Waals surface area contributed by atoms with Gasteiger partial charge < -0.3 is 9.84 Å². The minimum absolute atomic E-state index is 0.104. The van der Waals surface area contributed by atoms with Crippen molar-refractivity contribution in [2.24, 2.45) is 5.92 Å². The summed E-state index contributed by atoms with van der Waals surface area (Å²) in [5.74, 6) is 0.844. The second-order valence-electron chi connectivity index (χ2n) is 4.24. The van der Waals surface area contributed by atoms with Gasteiger partial charge in [0.1, 0.15) is 5.75 Å². The average molecular weight is 243 g/mol. The van der Waals surface area contributed by atoms with E-state index in [2.05, 4.69) is 17.1 Å². The van der Waals surface area contributed by atoms with Gasteiger partial charge in [-0.1, -0.05) is 30.3 Å². The van der Waals surface area contributed by atoms with Crippen LogP contribution in [0, 0.1) is 5.92 Å². The van der Waals surface area contributed by atoms with Crippen LogP contribution in [0.4, 0.5) is 0 Å². The van der Waals surface area contributed by atoms with E-state index in [1.165, 1.54) is 5.56 Å². The van der Waals surface area contributed by atoms with Crippen molar-refractivity contribution in [2.75, 3.05) is 13.2 Å². The lowest BCUT2D eigenvalue weighted by atomic mass is 10.0. The fraction of sp³-hybridized carbons (Fsp3) is 0.267. The molecule has 0 fully saturated rings. The number of aliphatic hydroxyl groups excluding tert-OH is 1. The van der Waals surface area contributed by atoms with Crippen LogP contribution in [-0.2, 0) is 6.42 Å². The minimum Gasteiger partial charge on any atom is -0.492 e. The number of hydrogen-bond donors (Lipinski definition) is 1. The Balaban J connectivity index is 1.86. The van der Waals surface area contributed by atoms with E-state index in [1.54, 1.807) is 12.4 Å². The van der Waals surface area contributed by atoms with E-state index in [0.717, 1.165) is 12.2 Å². The average Bonchev–Trinajstić information content (AvgIpc) is 2.45. The topological polar surface area (TPSA) is 42.4 Å². The van der Waals surface area contributed by atoms with Crippen molar-refractivity contribution in [2.45, 2.75) is 6.42 Å². The molecule has 94 valence electrons. The van der Waals surface area contributed by atoms with E-state index in [-0.39, 0.29) is 12.5 Å². The molecular formula is C15H17NO2. The molecule has 0 aliphatic heterocycles. The van der Waals surface area contributed by atoms with Crippen LogP contribution in [0.1, 0.15) is 5.56 Å². The van der Waals surface area contributed by atoms with Gasteiger partial charge in [-0.3, -0.25) is 4.98 Å². The Morgan fingerprint density at radius 1 is 1.11 bits per heavy atom. The van der Waals surface area contributed by atoms with Crippen molar-refractivity contribution in [3.63, 3.8) is 0 Å². The first-order chi connectivity index (χ1) is 8.88. The molecule has 0 bridgehead atoms. The van der Waals surface area contributed by atoms with Gasteiger partial charge in [-0.05, 0) is 24.1 Å². The van der Waals surface area contributed by atoms with Crippen LogP contribution in [-0.4, -0.2) is 23.3 Å². The van der Waals surface area contributed by atoms with Crippen LogP contribution in [0.5, 0.6) is 5.75 Å². The first kappa shape index (κ1) is 12.6. The summed E-state index contributed by atoms with van der Waals surface area (Å²) >= 11 is 0. The SMILES string of the molecule is OCC(COc1cccnc1)Cc1ccccc1. The standard InChI is InChI=1S/C15H17NO2/c17-11-14(9-13-5-2-1-3-6-13)12-18-15-7-4-8-16-10-15/h1-8,10,14,17H,9,11-12H2. The molecule has 0 aliphatic rings. The lowest BCUT2D eigenvalue weighted by molar-refractivity contribution is 0.162. The molecule has 0 spiro atoms. The summed E-state index contributed by atoms with van der Waals surface area (Å²) in [6.45, 7) is 0.617. The summed E-state index contributed by atoms with van der Waals surface area (Å²) in [5, 5.41) is 9.37. The van der Waals surface area contributed by atoms with E-state index in [0.29, 0.717) is 6.61 Å². The first-order valence-corrected chi connectivity index (χ1v) is 6.06. The summed E-state index contributed by atoms with van der Waals surface area (Å²) in [6, 6.07) is 13.8. The first-order valence-electron chi connectivity index (χ1n) is 6.06. The number of rotatable bonds is 6. The molecule has 2 aromatic rings. The van der Waals surface area contributed by atoms with Gasteiger partial charge in [0.05, 0.1) is 12.8 Å². The van der Waals surface area contributed by atoms with Crippen LogP contribution >= 0.6 is 0 Å². The highest BCUT2D eigenvalue weighted by Crippen LogP contribution is 2.12. The fourth-order valence-electron chi connectivity index (χ4n) is 1.77. The van der Waals surface area contributed by atoms with Crippen molar-refractivity contribution in [3.8, 4) is 5.75 Å². The summed E-state index contributed by atoms with van der Waals surface area (Å²) in [5.41, 5.74) is 1.21. The van der Waals surface area contributed by atoms with Gasteiger partial charge in [-0.2, -0.15) is 0 Å². The zero-order valence-corrected chi connectivity index (χ0v) is 10.2. The van der Waals surface area contributed by atoms with Gasteiger partial charge in [-0.25, -0.2) is 0 Å². The summed E-state index contributed by atoms with van der Waals surface area (Å²) in [4.78, 5) is 3.98. The van der Waals surface area contributed by atoms with Crippen LogP contribution in [0.2, 0.25) is 0 Å². The molecular weight excluding hydrogens is 226 g/mol. The second-order valence-corrected chi connectivity index (χ2v) is 4.24. The zero-order valence-electron chi connectivity index (χ0n) is 10.2. The molecule has 1 unspecified atom stereocenters. The molecule has 0 saturated carbocycles. The summed E-state index contributed by atoms with van der Waals surface area (Å²) in [7, 11) is 0. The molecule has 0 aliphatic carbocycles. The maximum Gasteiger partial charge on any atom is 0.137 e. The van der Waals surface area contributed by atoms with Crippen molar-refractivity contribution in [3.05, 3.63) is 60.4 Å². The number of aromatic nitrogens is 1. The predicted molar refractivity (Wildman–Crippen MR) is 70.5 cm³/mol. The fourth-order valence-corrected chi connectivity index (χ4v) is 1.77. The number of benzene rings is 1. The molecule has 1 N–H and O–H groups in total. The van der Waals surface area contributed by atoms with Crippen molar-refractivity contribution < 1.29 is 9.84 Å². The largest absolute Gasteiger partial charge is 0.492 e. The van der Waals surface area contributed by atoms with E-state index < -0.39 is 0 Å². The number of hydrogen-bond acceptors (Lipinski definition) is 3. The Kier molecular flexibility index (Phi) is 4.73. The third-order valence-electron chi connectivity index (χ3n) is 2.75. The third-order valence-corrected chi connectivity index (χ3v) is 2.75. The maximum atomic E-state index is 9.37. The highest BCUT2D eigenvalue weighted by atomic mass is 16.5. The van der Waals surface area contributed by atoms with Gasteiger partial charge in [0, 0.05) is 18.7 Å². The molecule has 1 atom stereocenters. The number of aliphatic hydroxyl groups is 1. The van der Waals surface area contributed by atoms with Gasteiger partial charge in [0.2, 0.25) is 0 Å². The highest BCUT2D eigenvalue weighted by Gasteiger charge is 2.09. The van der Waals surface area contributed by atoms with Gasteiger partial charge in [0.15, 0.2) is 0 Å². The molecule has 0 amide bonds. The summed E-state index contributed by atoms with van der Waals surface area (Å²) < 4.78 is 5.61. The van der Waals surface area contributed by atoms with Crippen molar-refractivity contribution in [1.29, 1.82) is 0 Å². The Bertz CT molecular complexity index is 445. The van der Waals surface area contributed by atoms with Gasteiger partial charge in [-0.15, -0.1) is 0 Å². The Hall–Kier alpha value is -1.87. The quantitative estimate of drug-likeness (QED) is 0.846. The Morgan fingerprint density at radius 2 is 1.94 bits per heavy atom. The molecule has 0 saturated heterocycles. The zero-order chi connectivity index (χ0) is 12.6. The molecule has 1 heterocycles. The lowest BCUT2D eigenvalue weighted by Gasteiger charge is -2.15.